The van der Waals surface area contributed by atoms with Crippen LogP contribution in [0.15, 0.2) is 40.4 Å². The van der Waals surface area contributed by atoms with Crippen molar-refractivity contribution < 1.29 is 29.4 Å². The predicted octanol–water partition coefficient (Wildman–Crippen LogP) is 3.24. The molecule has 1 unspecified atom stereocenters. The molecule has 0 radical (unpaired) electrons. The van der Waals surface area contributed by atoms with Crippen LogP contribution in [0.25, 0.3) is 10.4 Å². The van der Waals surface area contributed by atoms with Gasteiger partial charge in [0.15, 0.2) is 0 Å². The maximum atomic E-state index is 13.7. The lowest BCUT2D eigenvalue weighted by molar-refractivity contribution is -0.140. The van der Waals surface area contributed by atoms with E-state index in [4.69, 9.17) is 4.52 Å². The van der Waals surface area contributed by atoms with Crippen LogP contribution in [-0.4, -0.2) is 67.2 Å². The highest BCUT2D eigenvalue weighted by atomic mass is 32.1. The standard InChI is InChI=1S/C27H34N4O6S/c1-14(2)24(22-9-15(3)30-37-22)27(36)31-12-19(32)10-21(31)26(35)29-20(11-23(33)34)17-5-7-18(8-6-17)25-16(4)28-13-38-25/h5-9,13-14,19-21,24,26,29,32,35H,10-12H2,1-4H3,(H,33,34)/t19-,20+,21+,24-,26?/m1/s1. The van der Waals surface area contributed by atoms with Gasteiger partial charge in [-0.2, -0.15) is 0 Å². The Kier molecular flexibility index (Phi) is 8.61. The Morgan fingerprint density at radius 3 is 2.50 bits per heavy atom. The number of carbonyl (C=O) groups excluding carboxylic acids is 1. The highest BCUT2D eigenvalue weighted by Gasteiger charge is 2.43. The zero-order valence-corrected chi connectivity index (χ0v) is 22.7. The third kappa shape index (κ3) is 6.12. The van der Waals surface area contributed by atoms with Crippen LogP contribution in [0.2, 0.25) is 0 Å². The number of rotatable bonds is 10. The summed E-state index contributed by atoms with van der Waals surface area (Å²) in [6, 6.07) is 7.72. The second-order valence-corrected chi connectivity index (χ2v) is 11.0. The van der Waals surface area contributed by atoms with E-state index in [9.17, 15) is 24.9 Å². The number of carboxylic acids is 1. The van der Waals surface area contributed by atoms with Gasteiger partial charge in [0.05, 0.1) is 40.3 Å². The van der Waals surface area contributed by atoms with Gasteiger partial charge in [0, 0.05) is 18.7 Å². The molecule has 1 aliphatic rings. The molecule has 4 N–H and O–H groups in total. The number of aliphatic hydroxyl groups excluding tert-OH is 2. The Morgan fingerprint density at radius 1 is 1.24 bits per heavy atom. The maximum absolute atomic E-state index is 13.7. The number of amides is 1. The topological polar surface area (TPSA) is 149 Å². The summed E-state index contributed by atoms with van der Waals surface area (Å²) in [4.78, 5) is 32.1. The number of nitrogens with zero attached hydrogens (tertiary/aromatic N) is 3. The Bertz CT molecular complexity index is 1260. The van der Waals surface area contributed by atoms with Crippen LogP contribution in [0.3, 0.4) is 0 Å². The molecule has 0 spiro atoms. The second kappa shape index (κ2) is 11.7. The number of hydrogen-bond acceptors (Lipinski definition) is 9. The van der Waals surface area contributed by atoms with E-state index in [0.29, 0.717) is 17.0 Å². The molecular weight excluding hydrogens is 508 g/mol. The Labute approximate surface area is 225 Å². The lowest BCUT2D eigenvalue weighted by Gasteiger charge is -2.33. The van der Waals surface area contributed by atoms with Gasteiger partial charge in [-0.15, -0.1) is 11.3 Å². The van der Waals surface area contributed by atoms with Crippen LogP contribution in [0.5, 0.6) is 0 Å². The van der Waals surface area contributed by atoms with E-state index < -0.39 is 36.3 Å². The number of hydrogen-bond donors (Lipinski definition) is 4. The number of aliphatic hydroxyl groups is 2. The number of carboxylic acid groups (broad SMARTS) is 1. The number of thiazole rings is 1. The van der Waals surface area contributed by atoms with Gasteiger partial charge in [0.1, 0.15) is 17.9 Å². The fraction of sp³-hybridized carbons (Fsp3) is 0.481. The van der Waals surface area contributed by atoms with E-state index >= 15 is 0 Å². The molecule has 1 aliphatic heterocycles. The summed E-state index contributed by atoms with van der Waals surface area (Å²) < 4.78 is 5.39. The van der Waals surface area contributed by atoms with Crippen LogP contribution in [-0.2, 0) is 9.59 Å². The number of likely N-dealkylation sites (tertiary alicyclic amines) is 1. The molecule has 0 aliphatic carbocycles. The van der Waals surface area contributed by atoms with Gasteiger partial charge in [0.2, 0.25) is 5.91 Å². The van der Waals surface area contributed by atoms with E-state index in [0.717, 1.165) is 16.1 Å². The van der Waals surface area contributed by atoms with Crippen LogP contribution >= 0.6 is 11.3 Å². The van der Waals surface area contributed by atoms with Crippen molar-refractivity contribution in [1.29, 1.82) is 0 Å². The van der Waals surface area contributed by atoms with Gasteiger partial charge >= 0.3 is 5.97 Å². The summed E-state index contributed by atoms with van der Waals surface area (Å²) in [6.45, 7) is 7.57. The molecule has 11 heteroatoms. The molecule has 10 nitrogen and oxygen atoms in total. The molecule has 2 aromatic heterocycles. The van der Waals surface area contributed by atoms with Crippen molar-refractivity contribution >= 4 is 23.2 Å². The molecule has 1 saturated heterocycles. The van der Waals surface area contributed by atoms with Crippen molar-refractivity contribution in [2.75, 3.05) is 6.54 Å². The number of carbonyl (C=O) groups is 2. The molecule has 4 rings (SSSR count). The van der Waals surface area contributed by atoms with E-state index in [-0.39, 0.29) is 31.2 Å². The molecule has 0 saturated carbocycles. The molecule has 3 aromatic rings. The van der Waals surface area contributed by atoms with Crippen molar-refractivity contribution in [3.63, 3.8) is 0 Å². The Morgan fingerprint density at radius 2 is 1.95 bits per heavy atom. The van der Waals surface area contributed by atoms with Gasteiger partial charge in [-0.1, -0.05) is 43.3 Å². The first-order valence-electron chi connectivity index (χ1n) is 12.6. The quantitative estimate of drug-likeness (QED) is 0.283. The molecule has 5 atom stereocenters. The summed E-state index contributed by atoms with van der Waals surface area (Å²) in [5, 5.41) is 38.1. The van der Waals surface area contributed by atoms with Crippen molar-refractivity contribution in [2.45, 2.75) is 70.9 Å². The molecule has 3 heterocycles. The smallest absolute Gasteiger partial charge is 0.305 e. The summed E-state index contributed by atoms with van der Waals surface area (Å²) in [7, 11) is 0. The third-order valence-corrected chi connectivity index (χ3v) is 7.90. The number of benzene rings is 1. The maximum Gasteiger partial charge on any atom is 0.305 e. The molecule has 0 bridgehead atoms. The zero-order chi connectivity index (χ0) is 27.6. The van der Waals surface area contributed by atoms with E-state index in [1.54, 1.807) is 18.5 Å². The first kappa shape index (κ1) is 27.9. The van der Waals surface area contributed by atoms with Crippen molar-refractivity contribution in [3.8, 4) is 10.4 Å². The van der Waals surface area contributed by atoms with Crippen LogP contribution < -0.4 is 5.32 Å². The normalized spacial score (nSPS) is 20.0. The summed E-state index contributed by atoms with van der Waals surface area (Å²) in [5.74, 6) is -1.62. The van der Waals surface area contributed by atoms with Crippen LogP contribution in [0.1, 0.15) is 61.4 Å². The number of aromatic nitrogens is 2. The van der Waals surface area contributed by atoms with Gasteiger partial charge < -0.3 is 24.7 Å². The molecule has 1 fully saturated rings. The fourth-order valence-electron chi connectivity index (χ4n) is 5.05. The monoisotopic (exact) mass is 542 g/mol. The predicted molar refractivity (Wildman–Crippen MR) is 141 cm³/mol. The van der Waals surface area contributed by atoms with Gasteiger partial charge in [-0.05, 0) is 37.3 Å². The van der Waals surface area contributed by atoms with Crippen molar-refractivity contribution in [1.82, 2.24) is 20.4 Å². The van der Waals surface area contributed by atoms with E-state index in [2.05, 4.69) is 15.5 Å². The minimum atomic E-state index is -1.27. The number of nitrogens with one attached hydrogen (secondary N) is 1. The van der Waals surface area contributed by atoms with Gasteiger partial charge in [-0.25, -0.2) is 4.98 Å². The highest BCUT2D eigenvalue weighted by molar-refractivity contribution is 7.13. The minimum Gasteiger partial charge on any atom is -0.481 e. The fourth-order valence-corrected chi connectivity index (χ4v) is 5.86. The van der Waals surface area contributed by atoms with Crippen molar-refractivity contribution in [3.05, 3.63) is 58.6 Å². The average Bonchev–Trinajstić information content (AvgIpc) is 3.58. The summed E-state index contributed by atoms with van der Waals surface area (Å²) >= 11 is 1.53. The first-order chi connectivity index (χ1) is 18.0. The number of β-amino-alcohol motifs (C(OH)–C–C–N with tert-alkyl or cyclic N) is 1. The SMILES string of the molecule is Cc1cc([C@H](C(=O)N2C[C@H](O)C[C@H]2C(O)N[C@@H](CC(=O)O)c2ccc(-c3scnc3C)cc2)C(C)C)on1. The zero-order valence-electron chi connectivity index (χ0n) is 21.9. The number of aryl methyl sites for hydroxylation is 2. The lowest BCUT2D eigenvalue weighted by Crippen LogP contribution is -2.51. The molecule has 1 aromatic carbocycles. The molecule has 1 amide bonds. The Hall–Kier alpha value is -3.12. The van der Waals surface area contributed by atoms with Crippen LogP contribution in [0.4, 0.5) is 0 Å². The molecule has 204 valence electrons. The highest BCUT2D eigenvalue weighted by Crippen LogP contribution is 2.33. The van der Waals surface area contributed by atoms with Crippen molar-refractivity contribution in [2.24, 2.45) is 5.92 Å². The van der Waals surface area contributed by atoms with Gasteiger partial charge in [0.25, 0.3) is 0 Å². The number of aliphatic carboxylic acids is 1. The average molecular weight is 543 g/mol. The second-order valence-electron chi connectivity index (χ2n) is 10.2. The summed E-state index contributed by atoms with van der Waals surface area (Å²) in [5.41, 5.74) is 5.02. The third-order valence-electron chi connectivity index (χ3n) is 6.93. The van der Waals surface area contributed by atoms with Gasteiger partial charge in [-0.3, -0.25) is 14.9 Å². The minimum absolute atomic E-state index is 0.0606. The van der Waals surface area contributed by atoms with E-state index in [1.807, 2.05) is 45.0 Å². The lowest BCUT2D eigenvalue weighted by atomic mass is 9.91. The largest absolute Gasteiger partial charge is 0.481 e. The Balaban J connectivity index is 1.54. The summed E-state index contributed by atoms with van der Waals surface area (Å²) in [6.07, 6.45) is -2.20. The first-order valence-corrected chi connectivity index (χ1v) is 13.5. The molecular formula is C27H34N4O6S. The molecule has 38 heavy (non-hydrogen) atoms. The van der Waals surface area contributed by atoms with Crippen LogP contribution in [0, 0.1) is 19.8 Å². The van der Waals surface area contributed by atoms with E-state index in [1.165, 1.54) is 16.2 Å².